The zero-order valence-corrected chi connectivity index (χ0v) is 9.41. The Kier molecular flexibility index (Phi) is 3.21. The van der Waals surface area contributed by atoms with Gasteiger partial charge in [-0.2, -0.15) is 0 Å². The SMILES string of the molecule is [2H]CCCCCN1CCCc2ccccc21. The van der Waals surface area contributed by atoms with Crippen molar-refractivity contribution in [2.45, 2.75) is 39.0 Å². The molecule has 0 spiro atoms. The first-order valence-electron chi connectivity index (χ1n) is 6.74. The number of aryl methyl sites for hydroxylation is 1. The normalized spacial score (nSPS) is 16.0. The molecule has 0 unspecified atom stereocenters. The molecular formula is C14H21N. The van der Waals surface area contributed by atoms with Gasteiger partial charge in [-0.05, 0) is 30.9 Å². The third-order valence-corrected chi connectivity index (χ3v) is 3.13. The number of rotatable bonds is 4. The highest BCUT2D eigenvalue weighted by atomic mass is 15.1. The average Bonchev–Trinajstić information content (AvgIpc) is 2.35. The lowest BCUT2D eigenvalue weighted by molar-refractivity contribution is 0.638. The number of nitrogens with zero attached hydrogens (tertiary/aromatic N) is 1. The first kappa shape index (κ1) is 9.26. The Hall–Kier alpha value is -0.980. The molecule has 0 aromatic heterocycles. The standard InChI is InChI=1S/C14H21N/c1-2-3-6-11-15-12-7-9-13-8-4-5-10-14(13)15/h4-5,8,10H,2-3,6-7,9,11-12H2,1H3/i1D. The van der Waals surface area contributed by atoms with Gasteiger partial charge >= 0.3 is 0 Å². The fourth-order valence-corrected chi connectivity index (χ4v) is 2.32. The van der Waals surface area contributed by atoms with E-state index < -0.39 is 0 Å². The monoisotopic (exact) mass is 204 g/mol. The number of benzene rings is 1. The van der Waals surface area contributed by atoms with E-state index in [0.29, 0.717) is 6.90 Å². The second-order valence-electron chi connectivity index (χ2n) is 4.28. The first-order valence-corrected chi connectivity index (χ1v) is 6.04. The smallest absolute Gasteiger partial charge is 0.0398 e. The highest BCUT2D eigenvalue weighted by Gasteiger charge is 2.14. The van der Waals surface area contributed by atoms with Crippen LogP contribution in [0.25, 0.3) is 0 Å². The summed E-state index contributed by atoms with van der Waals surface area (Å²) >= 11 is 0. The van der Waals surface area contributed by atoms with E-state index in [9.17, 15) is 0 Å². The number of hydrogen-bond acceptors (Lipinski definition) is 1. The molecule has 0 radical (unpaired) electrons. The van der Waals surface area contributed by atoms with Crippen molar-refractivity contribution in [2.75, 3.05) is 18.0 Å². The predicted molar refractivity (Wildman–Crippen MR) is 66.5 cm³/mol. The van der Waals surface area contributed by atoms with Gasteiger partial charge in [0.15, 0.2) is 0 Å². The Morgan fingerprint density at radius 1 is 1.33 bits per heavy atom. The molecule has 1 aliphatic rings. The molecule has 82 valence electrons. The van der Waals surface area contributed by atoms with Gasteiger partial charge in [-0.3, -0.25) is 0 Å². The van der Waals surface area contributed by atoms with Crippen LogP contribution in [0, 0.1) is 0 Å². The summed E-state index contributed by atoms with van der Waals surface area (Å²) in [7, 11) is 0. The second kappa shape index (κ2) is 5.20. The molecule has 15 heavy (non-hydrogen) atoms. The van der Waals surface area contributed by atoms with Crippen LogP contribution >= 0.6 is 0 Å². The van der Waals surface area contributed by atoms with Gasteiger partial charge < -0.3 is 4.90 Å². The quantitative estimate of drug-likeness (QED) is 0.677. The van der Waals surface area contributed by atoms with E-state index in [2.05, 4.69) is 29.2 Å². The molecule has 1 nitrogen and oxygen atoms in total. The van der Waals surface area contributed by atoms with E-state index in [4.69, 9.17) is 1.37 Å². The molecule has 1 aromatic rings. The van der Waals surface area contributed by atoms with Gasteiger partial charge in [-0.25, -0.2) is 0 Å². The zero-order chi connectivity index (χ0) is 11.2. The third-order valence-electron chi connectivity index (χ3n) is 3.13. The number of para-hydroxylation sites is 1. The lowest BCUT2D eigenvalue weighted by Crippen LogP contribution is -2.30. The Morgan fingerprint density at radius 3 is 3.20 bits per heavy atom. The Balaban J connectivity index is 1.91. The van der Waals surface area contributed by atoms with Crippen LogP contribution in [-0.2, 0) is 6.42 Å². The molecule has 1 aliphatic heterocycles. The van der Waals surface area contributed by atoms with Crippen molar-refractivity contribution < 1.29 is 1.37 Å². The van der Waals surface area contributed by atoms with E-state index in [1.165, 1.54) is 43.5 Å². The van der Waals surface area contributed by atoms with Crippen molar-refractivity contribution in [2.24, 2.45) is 0 Å². The Bertz CT molecular complexity index is 324. The summed E-state index contributed by atoms with van der Waals surface area (Å²) < 4.78 is 7.13. The van der Waals surface area contributed by atoms with Crippen molar-refractivity contribution in [3.05, 3.63) is 29.8 Å². The summed E-state index contributed by atoms with van der Waals surface area (Å²) in [5, 5.41) is 0. The number of unbranched alkanes of at least 4 members (excludes halogenated alkanes) is 2. The summed E-state index contributed by atoms with van der Waals surface area (Å²) in [5.74, 6) is 0. The number of anilines is 1. The maximum Gasteiger partial charge on any atom is 0.0398 e. The fraction of sp³-hybridized carbons (Fsp3) is 0.571. The van der Waals surface area contributed by atoms with Crippen molar-refractivity contribution >= 4 is 5.69 Å². The van der Waals surface area contributed by atoms with Crippen LogP contribution in [0.15, 0.2) is 24.3 Å². The van der Waals surface area contributed by atoms with Crippen LogP contribution in [0.1, 0.15) is 39.5 Å². The summed E-state index contributed by atoms with van der Waals surface area (Å²) in [6.45, 7) is 2.95. The van der Waals surface area contributed by atoms with Crippen LogP contribution in [0.2, 0.25) is 0 Å². The minimum atomic E-state index is 0.580. The molecule has 0 fully saturated rings. The van der Waals surface area contributed by atoms with Crippen molar-refractivity contribution in [3.8, 4) is 0 Å². The molecule has 2 rings (SSSR count). The lowest BCUT2D eigenvalue weighted by atomic mass is 10.0. The highest BCUT2D eigenvalue weighted by molar-refractivity contribution is 5.55. The maximum atomic E-state index is 7.13. The molecule has 0 amide bonds. The van der Waals surface area contributed by atoms with Gasteiger partial charge in [0.1, 0.15) is 0 Å². The molecule has 0 saturated heterocycles. The Labute approximate surface area is 94.5 Å². The van der Waals surface area contributed by atoms with Crippen LogP contribution in [0.3, 0.4) is 0 Å². The van der Waals surface area contributed by atoms with Crippen molar-refractivity contribution in [1.29, 1.82) is 0 Å². The Morgan fingerprint density at radius 2 is 2.27 bits per heavy atom. The minimum Gasteiger partial charge on any atom is -0.371 e. The lowest BCUT2D eigenvalue weighted by Gasteiger charge is -2.31. The molecule has 0 saturated carbocycles. The maximum absolute atomic E-state index is 7.13. The highest BCUT2D eigenvalue weighted by Crippen LogP contribution is 2.26. The topological polar surface area (TPSA) is 3.24 Å². The summed E-state index contributed by atoms with van der Waals surface area (Å²) in [6, 6.07) is 8.79. The number of hydrogen-bond donors (Lipinski definition) is 0. The summed E-state index contributed by atoms with van der Waals surface area (Å²) in [4.78, 5) is 2.52. The van der Waals surface area contributed by atoms with E-state index in [-0.39, 0.29) is 0 Å². The molecule has 1 aromatic carbocycles. The minimum absolute atomic E-state index is 0.580. The van der Waals surface area contributed by atoms with Gasteiger partial charge in [0, 0.05) is 20.1 Å². The largest absolute Gasteiger partial charge is 0.371 e. The van der Waals surface area contributed by atoms with Crippen LogP contribution in [-0.4, -0.2) is 13.1 Å². The van der Waals surface area contributed by atoms with Gasteiger partial charge in [-0.1, -0.05) is 37.9 Å². The van der Waals surface area contributed by atoms with Crippen LogP contribution < -0.4 is 4.90 Å². The molecule has 1 heterocycles. The van der Waals surface area contributed by atoms with Gasteiger partial charge in [0.25, 0.3) is 0 Å². The summed E-state index contributed by atoms with van der Waals surface area (Å²) in [6.07, 6.45) is 6.00. The van der Waals surface area contributed by atoms with Crippen molar-refractivity contribution in [3.63, 3.8) is 0 Å². The molecule has 1 heteroatoms. The third kappa shape index (κ3) is 2.53. The van der Waals surface area contributed by atoms with Crippen LogP contribution in [0.4, 0.5) is 5.69 Å². The predicted octanol–water partition coefficient (Wildman–Crippen LogP) is 3.63. The van der Waals surface area contributed by atoms with Crippen molar-refractivity contribution in [1.82, 2.24) is 0 Å². The van der Waals surface area contributed by atoms with E-state index in [1.807, 2.05) is 0 Å². The molecule has 0 atom stereocenters. The average molecular weight is 204 g/mol. The van der Waals surface area contributed by atoms with Gasteiger partial charge in [0.2, 0.25) is 0 Å². The van der Waals surface area contributed by atoms with Gasteiger partial charge in [-0.15, -0.1) is 0 Å². The van der Waals surface area contributed by atoms with Crippen LogP contribution in [0.5, 0.6) is 0 Å². The number of fused-ring (bicyclic) bond motifs is 1. The fourth-order valence-electron chi connectivity index (χ4n) is 2.32. The second-order valence-corrected chi connectivity index (χ2v) is 4.28. The molecule has 0 bridgehead atoms. The molecular weight excluding hydrogens is 182 g/mol. The molecule has 0 N–H and O–H groups in total. The van der Waals surface area contributed by atoms with E-state index >= 15 is 0 Å². The zero-order valence-electron chi connectivity index (χ0n) is 10.4. The first-order chi connectivity index (χ1) is 7.92. The van der Waals surface area contributed by atoms with Gasteiger partial charge in [0.05, 0.1) is 0 Å². The van der Waals surface area contributed by atoms with E-state index in [0.717, 1.165) is 13.0 Å². The summed E-state index contributed by atoms with van der Waals surface area (Å²) in [5.41, 5.74) is 2.95. The molecule has 0 aliphatic carbocycles. The van der Waals surface area contributed by atoms with E-state index in [1.54, 1.807) is 0 Å².